The number of methoxy groups -OCH3 is 1. The molecule has 1 fully saturated rings. The standard InChI is InChI=1S/C32H29ClN2O5/c1-40-29-19-35(30(36)18-27(29)26-17-24(33)12-9-23(26)15-21-7-8-21)28(16-20-5-3-2-4-6-20)31(37)34-25-13-10-22(11-14-25)32(38)39/h2-6,9-14,17-19,21,28H,7-8,15-16H2,1H3,(H,34,37)(H,38,39). The summed E-state index contributed by atoms with van der Waals surface area (Å²) in [6.45, 7) is 0. The van der Waals surface area contributed by atoms with Gasteiger partial charge in [-0.3, -0.25) is 14.2 Å². The minimum absolute atomic E-state index is 0.109. The molecule has 40 heavy (non-hydrogen) atoms. The lowest BCUT2D eigenvalue weighted by Crippen LogP contribution is -2.34. The number of aromatic carboxylic acids is 1. The van der Waals surface area contributed by atoms with E-state index in [-0.39, 0.29) is 17.5 Å². The van der Waals surface area contributed by atoms with Crippen molar-refractivity contribution in [1.82, 2.24) is 4.57 Å². The number of rotatable bonds is 10. The van der Waals surface area contributed by atoms with Gasteiger partial charge in [-0.05, 0) is 78.3 Å². The molecule has 1 amide bonds. The Labute approximate surface area is 237 Å². The van der Waals surface area contributed by atoms with Crippen LogP contribution in [0.15, 0.2) is 89.9 Å². The number of carboxylic acids is 1. The van der Waals surface area contributed by atoms with Crippen LogP contribution in [-0.4, -0.2) is 28.7 Å². The molecule has 0 bridgehead atoms. The molecular weight excluding hydrogens is 528 g/mol. The lowest BCUT2D eigenvalue weighted by atomic mass is 9.96. The zero-order chi connectivity index (χ0) is 28.2. The van der Waals surface area contributed by atoms with Crippen LogP contribution in [0.2, 0.25) is 5.02 Å². The number of hydrogen-bond acceptors (Lipinski definition) is 4. The SMILES string of the molecule is COc1cn(C(Cc2ccccc2)C(=O)Nc2ccc(C(=O)O)cc2)c(=O)cc1-c1cc(Cl)ccc1CC1CC1. The van der Waals surface area contributed by atoms with Gasteiger partial charge in [0.15, 0.2) is 0 Å². The van der Waals surface area contributed by atoms with E-state index in [9.17, 15) is 19.5 Å². The summed E-state index contributed by atoms with van der Waals surface area (Å²) in [5, 5.41) is 12.6. The van der Waals surface area contributed by atoms with E-state index in [0.717, 1.165) is 23.1 Å². The van der Waals surface area contributed by atoms with Crippen molar-refractivity contribution in [2.45, 2.75) is 31.7 Å². The number of carboxylic acid groups (broad SMARTS) is 1. The first-order valence-electron chi connectivity index (χ1n) is 13.1. The van der Waals surface area contributed by atoms with Crippen molar-refractivity contribution >= 4 is 29.2 Å². The number of aromatic nitrogens is 1. The maximum atomic E-state index is 13.6. The molecule has 1 atom stereocenters. The second kappa shape index (κ2) is 11.8. The zero-order valence-electron chi connectivity index (χ0n) is 22.0. The van der Waals surface area contributed by atoms with Crippen LogP contribution < -0.4 is 15.6 Å². The molecule has 8 heteroatoms. The Morgan fingerprint density at radius 1 is 1.02 bits per heavy atom. The van der Waals surface area contributed by atoms with Crippen molar-refractivity contribution < 1.29 is 19.4 Å². The molecular formula is C32H29ClN2O5. The summed E-state index contributed by atoms with van der Waals surface area (Å²) in [6, 6.07) is 21.6. The van der Waals surface area contributed by atoms with Crippen LogP contribution in [0, 0.1) is 5.92 Å². The average molecular weight is 557 g/mol. The molecule has 7 nitrogen and oxygen atoms in total. The molecule has 1 heterocycles. The second-order valence-electron chi connectivity index (χ2n) is 10.0. The van der Waals surface area contributed by atoms with Crippen LogP contribution in [0.1, 0.15) is 40.4 Å². The van der Waals surface area contributed by atoms with Gasteiger partial charge in [0.1, 0.15) is 11.8 Å². The predicted octanol–water partition coefficient (Wildman–Crippen LogP) is 6.25. The van der Waals surface area contributed by atoms with Gasteiger partial charge in [0.25, 0.3) is 5.56 Å². The molecule has 1 saturated carbocycles. The summed E-state index contributed by atoms with van der Waals surface area (Å²) in [7, 11) is 1.54. The van der Waals surface area contributed by atoms with Gasteiger partial charge in [-0.2, -0.15) is 0 Å². The topological polar surface area (TPSA) is 97.6 Å². The van der Waals surface area contributed by atoms with Gasteiger partial charge in [-0.15, -0.1) is 0 Å². The summed E-state index contributed by atoms with van der Waals surface area (Å²) in [5.74, 6) is -0.384. The first-order valence-corrected chi connectivity index (χ1v) is 13.5. The van der Waals surface area contributed by atoms with E-state index in [2.05, 4.69) is 5.32 Å². The number of pyridine rings is 1. The Balaban J connectivity index is 1.54. The van der Waals surface area contributed by atoms with Gasteiger partial charge in [0.05, 0.1) is 18.9 Å². The van der Waals surface area contributed by atoms with Crippen molar-refractivity contribution in [3.05, 3.63) is 117 Å². The highest BCUT2D eigenvalue weighted by Gasteiger charge is 2.26. The molecule has 1 aliphatic rings. The molecule has 5 rings (SSSR count). The second-order valence-corrected chi connectivity index (χ2v) is 10.5. The molecule has 2 N–H and O–H groups in total. The lowest BCUT2D eigenvalue weighted by Gasteiger charge is -2.22. The molecule has 1 aromatic heterocycles. The van der Waals surface area contributed by atoms with E-state index in [4.69, 9.17) is 16.3 Å². The predicted molar refractivity (Wildman–Crippen MR) is 155 cm³/mol. The number of halogens is 1. The number of ether oxygens (including phenoxy) is 1. The molecule has 1 unspecified atom stereocenters. The number of hydrogen-bond donors (Lipinski definition) is 2. The Hall–Kier alpha value is -4.36. The maximum Gasteiger partial charge on any atom is 0.335 e. The molecule has 0 radical (unpaired) electrons. The van der Waals surface area contributed by atoms with Gasteiger partial charge >= 0.3 is 5.97 Å². The fraction of sp³-hybridized carbons (Fsp3) is 0.219. The molecule has 204 valence electrons. The molecule has 0 saturated heterocycles. The fourth-order valence-electron chi connectivity index (χ4n) is 4.83. The Kier molecular flexibility index (Phi) is 8.03. The van der Waals surface area contributed by atoms with Crippen LogP contribution in [0.3, 0.4) is 0 Å². The van der Waals surface area contributed by atoms with Crippen molar-refractivity contribution in [3.63, 3.8) is 0 Å². The number of benzene rings is 3. The maximum absolute atomic E-state index is 13.6. The molecule has 0 spiro atoms. The van der Waals surface area contributed by atoms with Crippen LogP contribution in [-0.2, 0) is 17.6 Å². The number of carbonyl (C=O) groups is 2. The zero-order valence-corrected chi connectivity index (χ0v) is 22.7. The van der Waals surface area contributed by atoms with E-state index >= 15 is 0 Å². The summed E-state index contributed by atoms with van der Waals surface area (Å²) in [5.41, 5.74) is 3.63. The van der Waals surface area contributed by atoms with Gasteiger partial charge in [-0.1, -0.05) is 48.0 Å². The average Bonchev–Trinajstić information content (AvgIpc) is 3.78. The number of amides is 1. The van der Waals surface area contributed by atoms with Gasteiger partial charge in [0, 0.05) is 28.8 Å². The Bertz CT molecular complexity index is 1590. The third kappa shape index (κ3) is 6.26. The summed E-state index contributed by atoms with van der Waals surface area (Å²) < 4.78 is 7.15. The van der Waals surface area contributed by atoms with Crippen LogP contribution in [0.4, 0.5) is 5.69 Å². The van der Waals surface area contributed by atoms with Crippen LogP contribution >= 0.6 is 11.6 Å². The largest absolute Gasteiger partial charge is 0.495 e. The normalized spacial score (nSPS) is 13.4. The first-order chi connectivity index (χ1) is 19.3. The van der Waals surface area contributed by atoms with E-state index in [0.29, 0.717) is 27.9 Å². The van der Waals surface area contributed by atoms with Crippen LogP contribution in [0.25, 0.3) is 11.1 Å². The highest BCUT2D eigenvalue weighted by Crippen LogP contribution is 2.39. The van der Waals surface area contributed by atoms with Crippen molar-refractivity contribution in [1.29, 1.82) is 0 Å². The summed E-state index contributed by atoms with van der Waals surface area (Å²) in [6.07, 6.45) is 5.12. The monoisotopic (exact) mass is 556 g/mol. The Morgan fingerprint density at radius 3 is 2.40 bits per heavy atom. The minimum atomic E-state index is -1.06. The van der Waals surface area contributed by atoms with Crippen LogP contribution in [0.5, 0.6) is 5.75 Å². The van der Waals surface area contributed by atoms with E-state index < -0.39 is 17.9 Å². The van der Waals surface area contributed by atoms with Crippen molar-refractivity contribution in [2.75, 3.05) is 12.4 Å². The quantitative estimate of drug-likeness (QED) is 0.240. The molecule has 0 aliphatic heterocycles. The summed E-state index contributed by atoms with van der Waals surface area (Å²) >= 11 is 6.36. The molecule has 3 aromatic carbocycles. The molecule has 1 aliphatic carbocycles. The first kappa shape index (κ1) is 27.2. The van der Waals surface area contributed by atoms with Gasteiger partial charge in [0.2, 0.25) is 5.91 Å². The lowest BCUT2D eigenvalue weighted by molar-refractivity contribution is -0.119. The minimum Gasteiger partial charge on any atom is -0.495 e. The molecule has 4 aromatic rings. The highest BCUT2D eigenvalue weighted by molar-refractivity contribution is 6.30. The number of carbonyl (C=O) groups excluding carboxylic acids is 1. The Morgan fingerprint density at radius 2 is 1.75 bits per heavy atom. The number of nitrogens with one attached hydrogen (secondary N) is 1. The number of nitrogens with zero attached hydrogens (tertiary/aromatic N) is 1. The highest BCUT2D eigenvalue weighted by atomic mass is 35.5. The van der Waals surface area contributed by atoms with Crippen molar-refractivity contribution in [3.8, 4) is 16.9 Å². The van der Waals surface area contributed by atoms with E-state index in [1.165, 1.54) is 54.9 Å². The van der Waals surface area contributed by atoms with E-state index in [1.807, 2.05) is 48.5 Å². The third-order valence-corrected chi connectivity index (χ3v) is 7.38. The summed E-state index contributed by atoms with van der Waals surface area (Å²) in [4.78, 5) is 38.5. The smallest absolute Gasteiger partial charge is 0.335 e. The number of anilines is 1. The van der Waals surface area contributed by atoms with Gasteiger partial charge < -0.3 is 15.2 Å². The van der Waals surface area contributed by atoms with Gasteiger partial charge in [-0.25, -0.2) is 4.79 Å². The fourth-order valence-corrected chi connectivity index (χ4v) is 5.00. The third-order valence-electron chi connectivity index (χ3n) is 7.14. The van der Waals surface area contributed by atoms with Crippen molar-refractivity contribution in [2.24, 2.45) is 5.92 Å². The van der Waals surface area contributed by atoms with E-state index in [1.54, 1.807) is 6.20 Å².